The normalized spacial score (nSPS) is 10.4. The maximum absolute atomic E-state index is 12.8. The van der Waals surface area contributed by atoms with Crippen molar-refractivity contribution in [3.05, 3.63) is 108 Å². The van der Waals surface area contributed by atoms with Crippen molar-refractivity contribution >= 4 is 11.6 Å². The molecule has 5 nitrogen and oxygen atoms in total. The lowest BCUT2D eigenvalue weighted by Crippen LogP contribution is -2.12. The molecule has 0 fully saturated rings. The molecule has 31 heavy (non-hydrogen) atoms. The Hall–Kier alpha value is -4.12. The number of carbonyl (C=O) groups is 1. The number of carbonyl (C=O) groups excluding carboxylic acids is 1. The van der Waals surface area contributed by atoms with Crippen molar-refractivity contribution in [3.8, 4) is 22.6 Å². The molecule has 5 heteroatoms. The Balaban J connectivity index is 1.46. The van der Waals surface area contributed by atoms with Gasteiger partial charge in [0.1, 0.15) is 18.1 Å². The van der Waals surface area contributed by atoms with Crippen molar-refractivity contribution in [2.75, 3.05) is 12.4 Å². The Morgan fingerprint density at radius 2 is 1.71 bits per heavy atom. The van der Waals surface area contributed by atoms with Crippen molar-refractivity contribution < 1.29 is 14.3 Å². The maximum Gasteiger partial charge on any atom is 0.255 e. The summed E-state index contributed by atoms with van der Waals surface area (Å²) in [7, 11) is 1.58. The van der Waals surface area contributed by atoms with Gasteiger partial charge in [0, 0.05) is 23.5 Å². The minimum absolute atomic E-state index is 0.226. The van der Waals surface area contributed by atoms with Gasteiger partial charge in [-0.2, -0.15) is 0 Å². The van der Waals surface area contributed by atoms with E-state index in [1.807, 2.05) is 60.7 Å². The molecule has 1 aromatic heterocycles. The average Bonchev–Trinajstić information content (AvgIpc) is 2.84. The number of pyridine rings is 1. The predicted molar refractivity (Wildman–Crippen MR) is 121 cm³/mol. The molecule has 1 N–H and O–H groups in total. The minimum atomic E-state index is -0.226. The van der Waals surface area contributed by atoms with E-state index in [0.717, 1.165) is 16.7 Å². The third-order valence-corrected chi connectivity index (χ3v) is 4.81. The van der Waals surface area contributed by atoms with Crippen LogP contribution in [-0.4, -0.2) is 18.0 Å². The summed E-state index contributed by atoms with van der Waals surface area (Å²) in [6.07, 6.45) is 3.50. The van der Waals surface area contributed by atoms with E-state index in [2.05, 4.69) is 10.3 Å². The maximum atomic E-state index is 12.8. The molecule has 0 aliphatic rings. The van der Waals surface area contributed by atoms with E-state index >= 15 is 0 Å². The SMILES string of the molecule is COc1ccc(-c2cccnc2)cc1NC(=O)c1ccc(OCc2ccccc2)cc1. The first-order valence-electron chi connectivity index (χ1n) is 9.89. The Labute approximate surface area is 181 Å². The highest BCUT2D eigenvalue weighted by Gasteiger charge is 2.12. The second kappa shape index (κ2) is 9.59. The number of hydrogen-bond acceptors (Lipinski definition) is 4. The van der Waals surface area contributed by atoms with Gasteiger partial charge in [-0.25, -0.2) is 0 Å². The highest BCUT2D eigenvalue weighted by Crippen LogP contribution is 2.30. The van der Waals surface area contributed by atoms with Gasteiger partial charge in [0.05, 0.1) is 12.8 Å². The molecule has 1 amide bonds. The quantitative estimate of drug-likeness (QED) is 0.432. The van der Waals surface area contributed by atoms with E-state index in [9.17, 15) is 4.79 Å². The molecule has 154 valence electrons. The highest BCUT2D eigenvalue weighted by atomic mass is 16.5. The van der Waals surface area contributed by atoms with Crippen LogP contribution in [0.3, 0.4) is 0 Å². The van der Waals surface area contributed by atoms with Gasteiger partial charge in [-0.1, -0.05) is 42.5 Å². The Kier molecular flexibility index (Phi) is 6.24. The summed E-state index contributed by atoms with van der Waals surface area (Å²) < 4.78 is 11.2. The van der Waals surface area contributed by atoms with Crippen molar-refractivity contribution in [1.82, 2.24) is 4.98 Å². The summed E-state index contributed by atoms with van der Waals surface area (Å²) in [4.78, 5) is 17.0. The lowest BCUT2D eigenvalue weighted by molar-refractivity contribution is 0.102. The van der Waals surface area contributed by atoms with Crippen LogP contribution in [-0.2, 0) is 6.61 Å². The lowest BCUT2D eigenvalue weighted by Gasteiger charge is -2.13. The fourth-order valence-electron chi connectivity index (χ4n) is 3.16. The molecule has 0 unspecified atom stereocenters. The van der Waals surface area contributed by atoms with Crippen LogP contribution in [0.25, 0.3) is 11.1 Å². The van der Waals surface area contributed by atoms with E-state index in [4.69, 9.17) is 9.47 Å². The number of hydrogen-bond donors (Lipinski definition) is 1. The lowest BCUT2D eigenvalue weighted by atomic mass is 10.1. The molecule has 0 atom stereocenters. The van der Waals surface area contributed by atoms with E-state index in [0.29, 0.717) is 29.4 Å². The molecule has 3 aromatic carbocycles. The zero-order chi connectivity index (χ0) is 21.5. The number of ether oxygens (including phenoxy) is 2. The van der Waals surface area contributed by atoms with Gasteiger partial charge < -0.3 is 14.8 Å². The van der Waals surface area contributed by atoms with Gasteiger partial charge in [0.15, 0.2) is 0 Å². The number of benzene rings is 3. The smallest absolute Gasteiger partial charge is 0.255 e. The van der Waals surface area contributed by atoms with E-state index in [1.165, 1.54) is 0 Å². The molecular formula is C26H22N2O3. The Morgan fingerprint density at radius 3 is 2.42 bits per heavy atom. The molecule has 0 spiro atoms. The van der Waals surface area contributed by atoms with Crippen molar-refractivity contribution in [2.45, 2.75) is 6.61 Å². The van der Waals surface area contributed by atoms with E-state index in [-0.39, 0.29) is 5.91 Å². The van der Waals surface area contributed by atoms with Crippen LogP contribution in [0.5, 0.6) is 11.5 Å². The number of amides is 1. The third-order valence-electron chi connectivity index (χ3n) is 4.81. The molecule has 0 aliphatic carbocycles. The number of methoxy groups -OCH3 is 1. The number of anilines is 1. The molecule has 0 radical (unpaired) electrons. The molecule has 4 aromatic rings. The molecule has 1 heterocycles. The number of nitrogens with zero attached hydrogens (tertiary/aromatic N) is 1. The Morgan fingerprint density at radius 1 is 0.903 bits per heavy atom. The second-order valence-corrected chi connectivity index (χ2v) is 6.91. The van der Waals surface area contributed by atoms with Gasteiger partial charge in [0.25, 0.3) is 5.91 Å². The van der Waals surface area contributed by atoms with Crippen LogP contribution in [0, 0.1) is 0 Å². The largest absolute Gasteiger partial charge is 0.495 e. The van der Waals surface area contributed by atoms with Crippen LogP contribution in [0.15, 0.2) is 97.3 Å². The van der Waals surface area contributed by atoms with Gasteiger partial charge in [-0.3, -0.25) is 9.78 Å². The highest BCUT2D eigenvalue weighted by molar-refractivity contribution is 6.05. The summed E-state index contributed by atoms with van der Waals surface area (Å²) in [6.45, 7) is 0.477. The van der Waals surface area contributed by atoms with Crippen molar-refractivity contribution in [2.24, 2.45) is 0 Å². The van der Waals surface area contributed by atoms with Crippen LogP contribution in [0.4, 0.5) is 5.69 Å². The van der Waals surface area contributed by atoms with Gasteiger partial charge in [-0.15, -0.1) is 0 Å². The standard InChI is InChI=1S/C26H22N2O3/c1-30-25-14-11-21(22-8-5-15-27-17-22)16-24(25)28-26(29)20-9-12-23(13-10-20)31-18-19-6-3-2-4-7-19/h2-17H,18H2,1H3,(H,28,29). The summed E-state index contributed by atoms with van der Waals surface area (Å²) in [6, 6.07) is 26.5. The zero-order valence-electron chi connectivity index (χ0n) is 17.1. The molecular weight excluding hydrogens is 388 g/mol. The van der Waals surface area contributed by atoms with Gasteiger partial charge >= 0.3 is 0 Å². The number of rotatable bonds is 7. The van der Waals surface area contributed by atoms with Crippen molar-refractivity contribution in [3.63, 3.8) is 0 Å². The van der Waals surface area contributed by atoms with Crippen molar-refractivity contribution in [1.29, 1.82) is 0 Å². The van der Waals surface area contributed by atoms with Gasteiger partial charge in [-0.05, 0) is 53.6 Å². The third kappa shape index (κ3) is 5.08. The van der Waals surface area contributed by atoms with Crippen LogP contribution < -0.4 is 14.8 Å². The summed E-state index contributed by atoms with van der Waals surface area (Å²) in [5.41, 5.74) is 4.11. The van der Waals surface area contributed by atoms with E-state index < -0.39 is 0 Å². The number of nitrogens with one attached hydrogen (secondary N) is 1. The molecule has 0 aliphatic heterocycles. The second-order valence-electron chi connectivity index (χ2n) is 6.91. The van der Waals surface area contributed by atoms with Crippen LogP contribution in [0.2, 0.25) is 0 Å². The first kappa shape index (κ1) is 20.2. The molecule has 4 rings (SSSR count). The molecule has 0 bridgehead atoms. The van der Waals surface area contributed by atoms with Gasteiger partial charge in [0.2, 0.25) is 0 Å². The summed E-state index contributed by atoms with van der Waals surface area (Å²) in [5.74, 6) is 1.07. The first-order valence-corrected chi connectivity index (χ1v) is 9.89. The Bertz CT molecular complexity index is 1140. The minimum Gasteiger partial charge on any atom is -0.495 e. The first-order chi connectivity index (χ1) is 15.2. The van der Waals surface area contributed by atoms with Crippen LogP contribution >= 0.6 is 0 Å². The monoisotopic (exact) mass is 410 g/mol. The zero-order valence-corrected chi connectivity index (χ0v) is 17.1. The average molecular weight is 410 g/mol. The molecule has 0 saturated heterocycles. The van der Waals surface area contributed by atoms with E-state index in [1.54, 1.807) is 43.8 Å². The van der Waals surface area contributed by atoms with Crippen LogP contribution in [0.1, 0.15) is 15.9 Å². The summed E-state index contributed by atoms with van der Waals surface area (Å²) in [5, 5.41) is 2.94. The molecule has 0 saturated carbocycles. The topological polar surface area (TPSA) is 60.5 Å². The fraction of sp³-hybridized carbons (Fsp3) is 0.0769. The number of aromatic nitrogens is 1. The predicted octanol–water partition coefficient (Wildman–Crippen LogP) is 5.59. The summed E-state index contributed by atoms with van der Waals surface area (Å²) >= 11 is 0. The fourth-order valence-corrected chi connectivity index (χ4v) is 3.16.